The number of aliphatic hydroxyl groups is 1. The van der Waals surface area contributed by atoms with Gasteiger partial charge >= 0.3 is 0 Å². The van der Waals surface area contributed by atoms with Crippen LogP contribution in [0.1, 0.15) is 13.3 Å². The van der Waals surface area contributed by atoms with E-state index in [-0.39, 0.29) is 6.61 Å². The van der Waals surface area contributed by atoms with Crippen molar-refractivity contribution in [1.82, 2.24) is 0 Å². The van der Waals surface area contributed by atoms with Crippen LogP contribution >= 0.6 is 0 Å². The molecule has 0 aliphatic carbocycles. The Kier molecular flexibility index (Phi) is 4.42. The van der Waals surface area contributed by atoms with Gasteiger partial charge in [-0.05, 0) is 6.04 Å². The second-order valence-corrected chi connectivity index (χ2v) is 7.61. The van der Waals surface area contributed by atoms with Gasteiger partial charge in [-0.2, -0.15) is 0 Å². The monoisotopic (exact) mass is 156 g/mol. The van der Waals surface area contributed by atoms with E-state index in [1.807, 2.05) is 0 Å². The topological polar surface area (TPSA) is 20.2 Å². The van der Waals surface area contributed by atoms with E-state index in [0.717, 1.165) is 0 Å². The highest BCUT2D eigenvalue weighted by Crippen LogP contribution is 2.09. The molecule has 0 saturated heterocycles. The predicted molar refractivity (Wildman–Crippen MR) is 47.4 cm³/mol. The van der Waals surface area contributed by atoms with Crippen LogP contribution in [0.3, 0.4) is 0 Å². The normalized spacial score (nSPS) is 10.4. The first kappa shape index (κ1) is 9.74. The number of aliphatic hydroxyl groups excluding tert-OH is 1. The zero-order chi connectivity index (χ0) is 8.04. The number of rotatable bonds is 2. The highest BCUT2D eigenvalue weighted by molar-refractivity contribution is 6.85. The van der Waals surface area contributed by atoms with Crippen molar-refractivity contribution in [1.29, 1.82) is 0 Å². The number of hydrogen-bond acceptors (Lipinski definition) is 1. The van der Waals surface area contributed by atoms with Gasteiger partial charge in [0.1, 0.15) is 14.7 Å². The van der Waals surface area contributed by atoms with Gasteiger partial charge in [0.05, 0.1) is 0 Å². The molecule has 0 fully saturated rings. The summed E-state index contributed by atoms with van der Waals surface area (Å²) in [5.74, 6) is 2.74. The molecule has 1 nitrogen and oxygen atoms in total. The summed E-state index contributed by atoms with van der Waals surface area (Å²) in [5, 5.41) is 8.45. The Morgan fingerprint density at radius 1 is 1.40 bits per heavy atom. The predicted octanol–water partition coefficient (Wildman–Crippen LogP) is 1.64. The minimum Gasteiger partial charge on any atom is -0.384 e. The first-order valence-electron chi connectivity index (χ1n) is 3.73. The van der Waals surface area contributed by atoms with Crippen molar-refractivity contribution in [3.05, 3.63) is 0 Å². The molecule has 0 aliphatic rings. The SMILES string of the molecule is CCC[Si](C)(C)C#CCO. The molecule has 0 spiro atoms. The molecule has 0 amide bonds. The smallest absolute Gasteiger partial charge is 0.132 e. The summed E-state index contributed by atoms with van der Waals surface area (Å²) in [6.45, 7) is 6.66. The molecule has 0 saturated carbocycles. The third-order valence-electron chi connectivity index (χ3n) is 1.38. The largest absolute Gasteiger partial charge is 0.384 e. The lowest BCUT2D eigenvalue weighted by Gasteiger charge is -2.11. The lowest BCUT2D eigenvalue weighted by atomic mass is 10.6. The molecule has 0 heterocycles. The zero-order valence-corrected chi connectivity index (χ0v) is 8.07. The molecule has 0 aliphatic heterocycles. The highest BCUT2D eigenvalue weighted by Gasteiger charge is 2.15. The average molecular weight is 156 g/mol. The van der Waals surface area contributed by atoms with Crippen LogP contribution in [-0.4, -0.2) is 19.8 Å². The fourth-order valence-electron chi connectivity index (χ4n) is 0.966. The molecular weight excluding hydrogens is 140 g/mol. The molecule has 0 unspecified atom stereocenters. The van der Waals surface area contributed by atoms with Gasteiger partial charge in [-0.3, -0.25) is 0 Å². The summed E-state index contributed by atoms with van der Waals surface area (Å²) in [7, 11) is -1.25. The Bertz CT molecular complexity index is 141. The van der Waals surface area contributed by atoms with E-state index in [0.29, 0.717) is 0 Å². The van der Waals surface area contributed by atoms with Gasteiger partial charge in [0, 0.05) is 0 Å². The van der Waals surface area contributed by atoms with Crippen LogP contribution in [0.25, 0.3) is 0 Å². The van der Waals surface area contributed by atoms with Gasteiger partial charge in [0.15, 0.2) is 0 Å². The Hall–Kier alpha value is -0.263. The highest BCUT2D eigenvalue weighted by atomic mass is 28.3. The fraction of sp³-hybridized carbons (Fsp3) is 0.750. The van der Waals surface area contributed by atoms with Crippen molar-refractivity contribution in [2.24, 2.45) is 0 Å². The molecule has 0 atom stereocenters. The molecule has 58 valence electrons. The van der Waals surface area contributed by atoms with E-state index >= 15 is 0 Å². The first-order valence-corrected chi connectivity index (χ1v) is 6.94. The third-order valence-corrected chi connectivity index (χ3v) is 3.98. The molecule has 10 heavy (non-hydrogen) atoms. The minimum absolute atomic E-state index is 0.0140. The average Bonchev–Trinajstić information content (AvgIpc) is 1.84. The van der Waals surface area contributed by atoms with Crippen molar-refractivity contribution >= 4 is 8.07 Å². The maximum atomic E-state index is 8.45. The quantitative estimate of drug-likeness (QED) is 0.476. The van der Waals surface area contributed by atoms with Crippen LogP contribution in [0.2, 0.25) is 19.1 Å². The van der Waals surface area contributed by atoms with Gasteiger partial charge in [0.2, 0.25) is 0 Å². The Morgan fingerprint density at radius 3 is 2.40 bits per heavy atom. The van der Waals surface area contributed by atoms with Crippen LogP contribution in [0.5, 0.6) is 0 Å². The summed E-state index contributed by atoms with van der Waals surface area (Å²) < 4.78 is 0. The van der Waals surface area contributed by atoms with E-state index < -0.39 is 8.07 Å². The van der Waals surface area contributed by atoms with Crippen LogP contribution < -0.4 is 0 Å². The zero-order valence-electron chi connectivity index (χ0n) is 7.07. The third kappa shape index (κ3) is 4.60. The molecule has 0 rings (SSSR count). The molecule has 0 aromatic rings. The Balaban J connectivity index is 3.85. The van der Waals surface area contributed by atoms with Crippen molar-refractivity contribution < 1.29 is 5.11 Å². The van der Waals surface area contributed by atoms with E-state index in [1.54, 1.807) is 0 Å². The minimum atomic E-state index is -1.25. The summed E-state index contributed by atoms with van der Waals surface area (Å²) in [6, 6.07) is 1.24. The van der Waals surface area contributed by atoms with Crippen LogP contribution in [0.15, 0.2) is 0 Å². The van der Waals surface area contributed by atoms with Gasteiger partial charge < -0.3 is 5.11 Å². The van der Waals surface area contributed by atoms with Gasteiger partial charge in [-0.15, -0.1) is 5.54 Å². The molecule has 0 bridgehead atoms. The second kappa shape index (κ2) is 4.54. The van der Waals surface area contributed by atoms with Crippen molar-refractivity contribution in [3.8, 4) is 11.5 Å². The van der Waals surface area contributed by atoms with Gasteiger partial charge in [-0.25, -0.2) is 0 Å². The standard InChI is InChI=1S/C8H16OSi/c1-4-7-10(2,3)8-5-6-9/h9H,4,6-7H2,1-3H3. The van der Waals surface area contributed by atoms with E-state index in [2.05, 4.69) is 31.5 Å². The van der Waals surface area contributed by atoms with Crippen LogP contribution in [0, 0.1) is 11.5 Å². The summed E-state index contributed by atoms with van der Waals surface area (Å²) in [6.07, 6.45) is 1.21. The van der Waals surface area contributed by atoms with Crippen molar-refractivity contribution in [3.63, 3.8) is 0 Å². The molecule has 1 N–H and O–H groups in total. The summed E-state index contributed by atoms with van der Waals surface area (Å²) >= 11 is 0. The maximum Gasteiger partial charge on any atom is 0.132 e. The lowest BCUT2D eigenvalue weighted by Crippen LogP contribution is -2.22. The van der Waals surface area contributed by atoms with E-state index in [4.69, 9.17) is 5.11 Å². The van der Waals surface area contributed by atoms with Gasteiger partial charge in [0.25, 0.3) is 0 Å². The van der Waals surface area contributed by atoms with Crippen molar-refractivity contribution in [2.45, 2.75) is 32.5 Å². The molecular formula is C8H16OSi. The Labute approximate surface area is 64.5 Å². The first-order chi connectivity index (χ1) is 4.62. The van der Waals surface area contributed by atoms with E-state index in [1.165, 1.54) is 12.5 Å². The maximum absolute atomic E-state index is 8.45. The molecule has 0 radical (unpaired) electrons. The van der Waals surface area contributed by atoms with Crippen LogP contribution in [0.4, 0.5) is 0 Å². The molecule has 2 heteroatoms. The second-order valence-electron chi connectivity index (χ2n) is 3.09. The molecule has 0 aromatic heterocycles. The number of hydrogen-bond donors (Lipinski definition) is 1. The van der Waals surface area contributed by atoms with E-state index in [9.17, 15) is 0 Å². The summed E-state index contributed by atoms with van der Waals surface area (Å²) in [4.78, 5) is 0. The Morgan fingerprint density at radius 2 is 2.00 bits per heavy atom. The lowest BCUT2D eigenvalue weighted by molar-refractivity contribution is 0.350. The van der Waals surface area contributed by atoms with Gasteiger partial charge in [-0.1, -0.05) is 32.4 Å². The van der Waals surface area contributed by atoms with Crippen LogP contribution in [-0.2, 0) is 0 Å². The molecule has 0 aromatic carbocycles. The summed E-state index contributed by atoms with van der Waals surface area (Å²) in [5.41, 5.74) is 3.15. The fourth-order valence-corrected chi connectivity index (χ4v) is 2.90. The van der Waals surface area contributed by atoms with Crippen molar-refractivity contribution in [2.75, 3.05) is 6.61 Å².